The van der Waals surface area contributed by atoms with Crippen LogP contribution in [0.4, 0.5) is 5.13 Å². The Labute approximate surface area is 140 Å². The van der Waals surface area contributed by atoms with Crippen LogP contribution in [0, 0.1) is 0 Å². The molecule has 3 heterocycles. The molecule has 2 aliphatic rings. The van der Waals surface area contributed by atoms with E-state index < -0.39 is 15.4 Å². The predicted molar refractivity (Wildman–Crippen MR) is 90.6 cm³/mol. The van der Waals surface area contributed by atoms with Gasteiger partial charge in [-0.15, -0.1) is 11.3 Å². The van der Waals surface area contributed by atoms with Gasteiger partial charge in [-0.25, -0.2) is 13.4 Å². The molecule has 2 saturated heterocycles. The van der Waals surface area contributed by atoms with Gasteiger partial charge in [0.05, 0.1) is 23.6 Å². The average molecular weight is 358 g/mol. The van der Waals surface area contributed by atoms with Crippen LogP contribution in [0.25, 0.3) is 0 Å². The van der Waals surface area contributed by atoms with Gasteiger partial charge >= 0.3 is 0 Å². The molecule has 3 rings (SSSR count). The number of hydrogen-bond donors (Lipinski definition) is 1. The van der Waals surface area contributed by atoms with Crippen LogP contribution in [0.1, 0.15) is 13.3 Å². The van der Waals surface area contributed by atoms with Crippen molar-refractivity contribution in [3.8, 4) is 0 Å². The minimum absolute atomic E-state index is 0.0452. The van der Waals surface area contributed by atoms with Crippen LogP contribution >= 0.6 is 11.3 Å². The molecule has 0 radical (unpaired) electrons. The van der Waals surface area contributed by atoms with Crippen LogP contribution < -0.4 is 10.2 Å². The van der Waals surface area contributed by atoms with Gasteiger partial charge in [-0.05, 0) is 13.3 Å². The number of aromatic nitrogens is 1. The number of amides is 1. The van der Waals surface area contributed by atoms with Crippen molar-refractivity contribution in [1.82, 2.24) is 15.2 Å². The Balaban J connectivity index is 1.46. The summed E-state index contributed by atoms with van der Waals surface area (Å²) in [5, 5.41) is 5.90. The molecule has 7 nitrogen and oxygen atoms in total. The fourth-order valence-corrected chi connectivity index (χ4v) is 5.95. The fourth-order valence-electron chi connectivity index (χ4n) is 3.16. The Morgan fingerprint density at radius 1 is 1.39 bits per heavy atom. The topological polar surface area (TPSA) is 82.6 Å². The number of nitrogens with zero attached hydrogens (tertiary/aromatic N) is 3. The van der Waals surface area contributed by atoms with Crippen LogP contribution in [-0.4, -0.2) is 74.0 Å². The summed E-state index contributed by atoms with van der Waals surface area (Å²) in [4.78, 5) is 20.9. The summed E-state index contributed by atoms with van der Waals surface area (Å²) < 4.78 is 23.2. The normalized spacial score (nSPS) is 28.0. The maximum absolute atomic E-state index is 12.2. The molecule has 23 heavy (non-hydrogen) atoms. The number of anilines is 1. The van der Waals surface area contributed by atoms with Crippen molar-refractivity contribution in [3.05, 3.63) is 11.6 Å². The number of sulfone groups is 1. The molecule has 128 valence electrons. The van der Waals surface area contributed by atoms with Crippen molar-refractivity contribution in [3.63, 3.8) is 0 Å². The Morgan fingerprint density at radius 3 is 2.70 bits per heavy atom. The third-order valence-corrected chi connectivity index (χ3v) is 7.11. The van der Waals surface area contributed by atoms with E-state index in [1.807, 2.05) is 12.3 Å². The first kappa shape index (κ1) is 16.7. The maximum atomic E-state index is 12.2. The van der Waals surface area contributed by atoms with Crippen molar-refractivity contribution in [2.45, 2.75) is 18.9 Å². The number of hydrogen-bond acceptors (Lipinski definition) is 7. The second-order valence-corrected chi connectivity index (χ2v) is 9.59. The minimum Gasteiger partial charge on any atom is -0.349 e. The van der Waals surface area contributed by atoms with Crippen molar-refractivity contribution in [2.24, 2.45) is 0 Å². The van der Waals surface area contributed by atoms with E-state index in [1.165, 1.54) is 0 Å². The zero-order valence-corrected chi connectivity index (χ0v) is 14.8. The molecule has 2 aliphatic heterocycles. The number of piperazine rings is 1. The first-order valence-corrected chi connectivity index (χ1v) is 10.4. The van der Waals surface area contributed by atoms with Crippen LogP contribution in [0.2, 0.25) is 0 Å². The van der Waals surface area contributed by atoms with E-state index in [9.17, 15) is 13.2 Å². The van der Waals surface area contributed by atoms with E-state index in [-0.39, 0.29) is 17.4 Å². The van der Waals surface area contributed by atoms with Crippen molar-refractivity contribution in [2.75, 3.05) is 49.1 Å². The summed E-state index contributed by atoms with van der Waals surface area (Å²) >= 11 is 1.63. The second-order valence-electron chi connectivity index (χ2n) is 6.53. The fraction of sp³-hybridized carbons (Fsp3) is 0.714. The molecule has 0 spiro atoms. The van der Waals surface area contributed by atoms with E-state index in [4.69, 9.17) is 0 Å². The van der Waals surface area contributed by atoms with Gasteiger partial charge in [0.15, 0.2) is 15.0 Å². The molecule has 1 unspecified atom stereocenters. The Kier molecular flexibility index (Phi) is 4.61. The Hall–Kier alpha value is -1.19. The molecular formula is C14H22N4O3S2. The molecule has 1 aromatic rings. The molecule has 1 amide bonds. The lowest BCUT2D eigenvalue weighted by atomic mass is 10.0. The monoisotopic (exact) mass is 358 g/mol. The highest BCUT2D eigenvalue weighted by Gasteiger charge is 2.39. The third kappa shape index (κ3) is 4.21. The Morgan fingerprint density at radius 2 is 2.13 bits per heavy atom. The van der Waals surface area contributed by atoms with Gasteiger partial charge < -0.3 is 10.2 Å². The first-order chi connectivity index (χ1) is 10.9. The van der Waals surface area contributed by atoms with Gasteiger partial charge in [0, 0.05) is 37.8 Å². The van der Waals surface area contributed by atoms with Crippen LogP contribution in [0.15, 0.2) is 11.6 Å². The lowest BCUT2D eigenvalue weighted by molar-refractivity contribution is -0.123. The largest absolute Gasteiger partial charge is 0.349 e. The van der Waals surface area contributed by atoms with Crippen molar-refractivity contribution >= 4 is 32.2 Å². The van der Waals surface area contributed by atoms with Crippen molar-refractivity contribution in [1.29, 1.82) is 0 Å². The number of thiazole rings is 1. The van der Waals surface area contributed by atoms with Gasteiger partial charge in [-0.3, -0.25) is 9.69 Å². The van der Waals surface area contributed by atoms with Crippen molar-refractivity contribution < 1.29 is 13.2 Å². The van der Waals surface area contributed by atoms with E-state index in [2.05, 4.69) is 20.1 Å². The molecule has 1 N–H and O–H groups in total. The smallest absolute Gasteiger partial charge is 0.234 e. The highest BCUT2D eigenvalue weighted by atomic mass is 32.2. The summed E-state index contributed by atoms with van der Waals surface area (Å²) in [6.07, 6.45) is 2.30. The summed E-state index contributed by atoms with van der Waals surface area (Å²) in [6, 6.07) is 0. The van der Waals surface area contributed by atoms with Gasteiger partial charge in [-0.2, -0.15) is 0 Å². The molecule has 0 saturated carbocycles. The summed E-state index contributed by atoms with van der Waals surface area (Å²) in [5.74, 6) is 0.118. The Bertz CT molecular complexity index is 654. The molecule has 1 atom stereocenters. The number of carbonyl (C=O) groups is 1. The number of carbonyl (C=O) groups excluding carboxylic acids is 1. The van der Waals surface area contributed by atoms with Crippen LogP contribution in [-0.2, 0) is 14.6 Å². The highest BCUT2D eigenvalue weighted by molar-refractivity contribution is 7.91. The average Bonchev–Trinajstić information content (AvgIpc) is 3.08. The summed E-state index contributed by atoms with van der Waals surface area (Å²) in [7, 11) is -3.01. The number of rotatable bonds is 4. The molecule has 2 fully saturated rings. The zero-order valence-electron chi connectivity index (χ0n) is 13.2. The SMILES string of the molecule is CC1(NC(=O)CN2CCN(c3nccs3)CC2)CCS(=O)(=O)C1. The van der Waals surface area contributed by atoms with Gasteiger partial charge in [0.2, 0.25) is 5.91 Å². The standard InChI is InChI=1S/C14H22N4O3S2/c1-14(2-9-23(20,21)11-14)16-12(19)10-17-4-6-18(7-5-17)13-15-3-8-22-13/h3,8H,2,4-7,9-11H2,1H3,(H,16,19). The molecule has 0 aromatic carbocycles. The summed E-state index contributed by atoms with van der Waals surface area (Å²) in [6.45, 7) is 5.46. The van der Waals surface area contributed by atoms with Gasteiger partial charge in [0.1, 0.15) is 0 Å². The van der Waals surface area contributed by atoms with Gasteiger partial charge in [-0.1, -0.05) is 0 Å². The third-order valence-electron chi connectivity index (χ3n) is 4.37. The lowest BCUT2D eigenvalue weighted by Gasteiger charge is -2.34. The number of nitrogens with one attached hydrogen (secondary N) is 1. The minimum atomic E-state index is -3.01. The van der Waals surface area contributed by atoms with E-state index in [0.717, 1.165) is 31.3 Å². The summed E-state index contributed by atoms with van der Waals surface area (Å²) in [5.41, 5.74) is -0.612. The first-order valence-electron chi connectivity index (χ1n) is 7.74. The van der Waals surface area contributed by atoms with E-state index in [1.54, 1.807) is 17.5 Å². The molecule has 0 aliphatic carbocycles. The molecule has 1 aromatic heterocycles. The predicted octanol–water partition coefficient (Wildman–Crippen LogP) is -0.0415. The highest BCUT2D eigenvalue weighted by Crippen LogP contribution is 2.23. The molecule has 9 heteroatoms. The van der Waals surface area contributed by atoms with E-state index >= 15 is 0 Å². The van der Waals surface area contributed by atoms with Crippen LogP contribution in [0.5, 0.6) is 0 Å². The quantitative estimate of drug-likeness (QED) is 0.813. The molecular weight excluding hydrogens is 336 g/mol. The molecule has 0 bridgehead atoms. The second kappa shape index (κ2) is 6.37. The van der Waals surface area contributed by atoms with Gasteiger partial charge in [0.25, 0.3) is 0 Å². The zero-order chi connectivity index (χ0) is 16.5. The maximum Gasteiger partial charge on any atom is 0.234 e. The van der Waals surface area contributed by atoms with Crippen LogP contribution in [0.3, 0.4) is 0 Å². The van der Waals surface area contributed by atoms with E-state index in [0.29, 0.717) is 13.0 Å². The lowest BCUT2D eigenvalue weighted by Crippen LogP contribution is -2.53.